The summed E-state index contributed by atoms with van der Waals surface area (Å²) in [5, 5.41) is 9.40. The van der Waals surface area contributed by atoms with Crippen LogP contribution in [0.5, 0.6) is 0 Å². The Morgan fingerprint density at radius 2 is 2.17 bits per heavy atom. The summed E-state index contributed by atoms with van der Waals surface area (Å²) >= 11 is 1.78. The molecule has 0 bridgehead atoms. The third-order valence-electron chi connectivity index (χ3n) is 2.92. The van der Waals surface area contributed by atoms with Crippen LogP contribution in [0.4, 0.5) is 4.39 Å². The van der Waals surface area contributed by atoms with Crippen LogP contribution in [0.2, 0.25) is 0 Å². The number of carboxylic acids is 1. The van der Waals surface area contributed by atoms with E-state index in [2.05, 4.69) is 0 Å². The zero-order valence-electron chi connectivity index (χ0n) is 9.89. The molecule has 2 rings (SSSR count). The first kappa shape index (κ1) is 13.4. The van der Waals surface area contributed by atoms with Crippen molar-refractivity contribution in [1.82, 2.24) is 0 Å². The number of aromatic carboxylic acids is 1. The van der Waals surface area contributed by atoms with E-state index in [1.807, 2.05) is 0 Å². The average molecular weight is 270 g/mol. The fourth-order valence-corrected chi connectivity index (χ4v) is 3.02. The molecule has 18 heavy (non-hydrogen) atoms. The summed E-state index contributed by atoms with van der Waals surface area (Å²) in [6, 6.07) is 4.29. The van der Waals surface area contributed by atoms with Gasteiger partial charge in [0.1, 0.15) is 5.82 Å². The maximum Gasteiger partial charge on any atom is 0.338 e. The Morgan fingerprint density at radius 1 is 1.44 bits per heavy atom. The first-order valence-electron chi connectivity index (χ1n) is 5.88. The Kier molecular flexibility index (Phi) is 4.60. The third-order valence-corrected chi connectivity index (χ3v) is 4.36. The molecule has 1 fully saturated rings. The topological polar surface area (TPSA) is 46.5 Å². The summed E-state index contributed by atoms with van der Waals surface area (Å²) < 4.78 is 18.5. The van der Waals surface area contributed by atoms with Crippen molar-refractivity contribution >= 4 is 17.7 Å². The van der Waals surface area contributed by atoms with Crippen molar-refractivity contribution < 1.29 is 19.0 Å². The molecule has 0 aliphatic carbocycles. The second kappa shape index (κ2) is 6.20. The molecule has 0 unspecified atom stereocenters. The van der Waals surface area contributed by atoms with E-state index in [0.717, 1.165) is 31.6 Å². The zero-order chi connectivity index (χ0) is 13.0. The molecule has 5 heteroatoms. The van der Waals surface area contributed by atoms with Gasteiger partial charge in [-0.3, -0.25) is 0 Å². The van der Waals surface area contributed by atoms with Gasteiger partial charge in [0, 0.05) is 24.2 Å². The number of carbonyl (C=O) groups is 1. The number of rotatable bonds is 4. The maximum absolute atomic E-state index is 13.2. The normalized spacial score (nSPS) is 16.7. The fraction of sp³-hybridized carbons (Fsp3) is 0.462. The lowest BCUT2D eigenvalue weighted by Gasteiger charge is -2.21. The molecule has 1 aromatic rings. The second-order valence-corrected chi connectivity index (χ2v) is 5.53. The van der Waals surface area contributed by atoms with Gasteiger partial charge in [-0.05, 0) is 30.5 Å². The minimum atomic E-state index is -1.22. The Morgan fingerprint density at radius 3 is 2.83 bits per heavy atom. The molecule has 1 heterocycles. The fourth-order valence-electron chi connectivity index (χ4n) is 1.88. The van der Waals surface area contributed by atoms with E-state index < -0.39 is 11.8 Å². The number of hydrogen-bond acceptors (Lipinski definition) is 3. The van der Waals surface area contributed by atoms with Gasteiger partial charge < -0.3 is 9.84 Å². The van der Waals surface area contributed by atoms with Gasteiger partial charge in [0.2, 0.25) is 0 Å². The van der Waals surface area contributed by atoms with Crippen LogP contribution >= 0.6 is 11.8 Å². The van der Waals surface area contributed by atoms with Crippen molar-refractivity contribution in [2.75, 3.05) is 13.2 Å². The molecular formula is C13H15FO3S. The Labute approximate surface area is 109 Å². The molecule has 0 radical (unpaired) electrons. The number of benzene rings is 1. The molecule has 3 nitrogen and oxygen atoms in total. The summed E-state index contributed by atoms with van der Waals surface area (Å²) in [4.78, 5) is 10.8. The van der Waals surface area contributed by atoms with Crippen LogP contribution in [0, 0.1) is 5.82 Å². The monoisotopic (exact) mass is 270 g/mol. The van der Waals surface area contributed by atoms with Crippen molar-refractivity contribution in [2.24, 2.45) is 0 Å². The Balaban J connectivity index is 1.96. The van der Waals surface area contributed by atoms with E-state index in [4.69, 9.17) is 9.84 Å². The van der Waals surface area contributed by atoms with E-state index in [-0.39, 0.29) is 5.56 Å². The number of thioether (sulfide) groups is 1. The molecule has 0 amide bonds. The standard InChI is InChI=1S/C13H15FO3S/c14-12-2-1-9(7-11(12)13(15)16)8-18-10-3-5-17-6-4-10/h1-2,7,10H,3-6,8H2,(H,15,16). The quantitative estimate of drug-likeness (QED) is 0.913. The molecule has 1 aromatic carbocycles. The van der Waals surface area contributed by atoms with Gasteiger partial charge in [-0.1, -0.05) is 6.07 Å². The maximum atomic E-state index is 13.2. The molecule has 0 spiro atoms. The van der Waals surface area contributed by atoms with Crippen LogP contribution in [0.3, 0.4) is 0 Å². The van der Waals surface area contributed by atoms with Gasteiger partial charge in [0.05, 0.1) is 5.56 Å². The first-order chi connectivity index (χ1) is 8.66. The molecule has 98 valence electrons. The van der Waals surface area contributed by atoms with Crippen LogP contribution in [0.25, 0.3) is 0 Å². The second-order valence-electron chi connectivity index (χ2n) is 4.24. The van der Waals surface area contributed by atoms with Crippen molar-refractivity contribution in [1.29, 1.82) is 0 Å². The van der Waals surface area contributed by atoms with Crippen LogP contribution in [-0.2, 0) is 10.5 Å². The van der Waals surface area contributed by atoms with E-state index in [0.29, 0.717) is 11.0 Å². The smallest absolute Gasteiger partial charge is 0.338 e. The van der Waals surface area contributed by atoms with E-state index >= 15 is 0 Å². The third kappa shape index (κ3) is 3.46. The molecule has 1 saturated heterocycles. The predicted molar refractivity (Wildman–Crippen MR) is 68.5 cm³/mol. The molecule has 1 N–H and O–H groups in total. The summed E-state index contributed by atoms with van der Waals surface area (Å²) in [5.74, 6) is -1.18. The number of ether oxygens (including phenoxy) is 1. The lowest BCUT2D eigenvalue weighted by molar-refractivity contribution is 0.0691. The van der Waals surface area contributed by atoms with E-state index in [1.54, 1.807) is 17.8 Å². The molecular weight excluding hydrogens is 255 g/mol. The van der Waals surface area contributed by atoms with Crippen LogP contribution in [0.1, 0.15) is 28.8 Å². The SMILES string of the molecule is O=C(O)c1cc(CSC2CCOCC2)ccc1F. The van der Waals surface area contributed by atoms with Gasteiger partial charge >= 0.3 is 5.97 Å². The van der Waals surface area contributed by atoms with Gasteiger partial charge in [-0.15, -0.1) is 0 Å². The van der Waals surface area contributed by atoms with Gasteiger partial charge in [0.25, 0.3) is 0 Å². The Bertz CT molecular complexity index is 430. The van der Waals surface area contributed by atoms with E-state index in [1.165, 1.54) is 12.1 Å². The van der Waals surface area contributed by atoms with E-state index in [9.17, 15) is 9.18 Å². The number of halogens is 1. The average Bonchev–Trinajstić information content (AvgIpc) is 2.38. The molecule has 1 aliphatic rings. The van der Waals surface area contributed by atoms with Crippen LogP contribution in [-0.4, -0.2) is 29.5 Å². The molecule has 0 aromatic heterocycles. The minimum Gasteiger partial charge on any atom is -0.478 e. The largest absolute Gasteiger partial charge is 0.478 e. The highest BCUT2D eigenvalue weighted by molar-refractivity contribution is 7.99. The summed E-state index contributed by atoms with van der Waals surface area (Å²) in [7, 11) is 0. The van der Waals surface area contributed by atoms with Crippen molar-refractivity contribution in [3.05, 3.63) is 35.1 Å². The highest BCUT2D eigenvalue weighted by atomic mass is 32.2. The first-order valence-corrected chi connectivity index (χ1v) is 6.93. The van der Waals surface area contributed by atoms with Gasteiger partial charge in [-0.25, -0.2) is 9.18 Å². The molecule has 0 saturated carbocycles. The lowest BCUT2D eigenvalue weighted by Crippen LogP contribution is -2.17. The van der Waals surface area contributed by atoms with Crippen LogP contribution in [0.15, 0.2) is 18.2 Å². The predicted octanol–water partition coefficient (Wildman–Crippen LogP) is 2.94. The van der Waals surface area contributed by atoms with Crippen molar-refractivity contribution in [3.63, 3.8) is 0 Å². The number of carboxylic acid groups (broad SMARTS) is 1. The minimum absolute atomic E-state index is 0.250. The summed E-state index contributed by atoms with van der Waals surface area (Å²) in [6.07, 6.45) is 2.05. The molecule has 1 aliphatic heterocycles. The number of hydrogen-bond donors (Lipinski definition) is 1. The summed E-state index contributed by atoms with van der Waals surface area (Å²) in [6.45, 7) is 1.59. The highest BCUT2D eigenvalue weighted by Gasteiger charge is 2.15. The van der Waals surface area contributed by atoms with Gasteiger partial charge in [0.15, 0.2) is 0 Å². The molecule has 0 atom stereocenters. The van der Waals surface area contributed by atoms with Crippen molar-refractivity contribution in [3.8, 4) is 0 Å². The highest BCUT2D eigenvalue weighted by Crippen LogP contribution is 2.26. The van der Waals surface area contributed by atoms with Crippen LogP contribution < -0.4 is 0 Å². The summed E-state index contributed by atoms with van der Waals surface area (Å²) in [5.41, 5.74) is 0.602. The Hall–Kier alpha value is -1.07. The van der Waals surface area contributed by atoms with Gasteiger partial charge in [-0.2, -0.15) is 11.8 Å². The lowest BCUT2D eigenvalue weighted by atomic mass is 10.1. The zero-order valence-corrected chi connectivity index (χ0v) is 10.7. The van der Waals surface area contributed by atoms with Crippen molar-refractivity contribution in [2.45, 2.75) is 23.8 Å².